The molecule has 31 heavy (non-hydrogen) atoms. The number of anilines is 1. The van der Waals surface area contributed by atoms with Gasteiger partial charge >= 0.3 is 0 Å². The first-order valence-electron chi connectivity index (χ1n) is 10.1. The zero-order valence-corrected chi connectivity index (χ0v) is 17.9. The van der Waals surface area contributed by atoms with Crippen molar-refractivity contribution in [2.45, 2.75) is 58.0 Å². The topological polar surface area (TPSA) is 124 Å². The smallest absolute Gasteiger partial charge is 0.257 e. The lowest BCUT2D eigenvalue weighted by molar-refractivity contribution is -0.131. The van der Waals surface area contributed by atoms with Crippen molar-refractivity contribution in [2.75, 3.05) is 5.32 Å². The van der Waals surface area contributed by atoms with Crippen LogP contribution < -0.4 is 10.6 Å². The van der Waals surface area contributed by atoms with E-state index in [4.69, 9.17) is 0 Å². The predicted molar refractivity (Wildman–Crippen MR) is 112 cm³/mol. The fourth-order valence-electron chi connectivity index (χ4n) is 4.14. The van der Waals surface area contributed by atoms with E-state index >= 15 is 0 Å². The maximum Gasteiger partial charge on any atom is 0.257 e. The van der Waals surface area contributed by atoms with E-state index in [0.717, 1.165) is 0 Å². The van der Waals surface area contributed by atoms with Gasteiger partial charge in [-0.2, -0.15) is 0 Å². The third kappa shape index (κ3) is 4.34. The molecule has 2 amide bonds. The second kappa shape index (κ2) is 8.78. The summed E-state index contributed by atoms with van der Waals surface area (Å²) in [4.78, 5) is 25.5. The summed E-state index contributed by atoms with van der Waals surface area (Å²) in [6.45, 7) is 4.93. The van der Waals surface area contributed by atoms with Crippen LogP contribution in [0.1, 0.15) is 51.8 Å². The van der Waals surface area contributed by atoms with E-state index in [1.165, 1.54) is 18.2 Å². The molecular weight excluding hydrogens is 405 g/mol. The molecule has 1 heterocycles. The maximum atomic E-state index is 13.5. The lowest BCUT2D eigenvalue weighted by Crippen LogP contribution is -2.45. The molecule has 0 spiro atoms. The second-order valence-corrected chi connectivity index (χ2v) is 8.10. The Morgan fingerprint density at radius 2 is 1.87 bits per heavy atom. The van der Waals surface area contributed by atoms with Crippen molar-refractivity contribution in [1.29, 1.82) is 0 Å². The number of rotatable bonds is 5. The Labute approximate surface area is 179 Å². The number of carbonyl (C=O) groups excluding carboxylic acids is 2. The number of aliphatic hydroxyl groups excluding tert-OH is 3. The van der Waals surface area contributed by atoms with Gasteiger partial charge in [-0.15, -0.1) is 0 Å². The van der Waals surface area contributed by atoms with Crippen molar-refractivity contribution in [2.24, 2.45) is 7.05 Å². The molecule has 9 heteroatoms. The maximum absolute atomic E-state index is 13.5. The normalized spacial score (nSPS) is 21.7. The number of aryl methyl sites for hydroxylation is 1. The van der Waals surface area contributed by atoms with Crippen LogP contribution in [0.3, 0.4) is 0 Å². The van der Waals surface area contributed by atoms with E-state index in [2.05, 4.69) is 10.6 Å². The number of nitrogens with zero attached hydrogens (tertiary/aromatic N) is 1. The highest BCUT2D eigenvalue weighted by molar-refractivity contribution is 6.06. The molecule has 4 atom stereocenters. The molecule has 168 valence electrons. The molecule has 1 aromatic heterocycles. The molecule has 1 unspecified atom stereocenters. The number of aromatic nitrogens is 1. The van der Waals surface area contributed by atoms with Crippen molar-refractivity contribution < 1.29 is 29.3 Å². The summed E-state index contributed by atoms with van der Waals surface area (Å²) < 4.78 is 15.1. The van der Waals surface area contributed by atoms with E-state index in [9.17, 15) is 29.3 Å². The highest BCUT2D eigenvalue weighted by Gasteiger charge is 2.36. The molecule has 1 saturated carbocycles. The summed E-state index contributed by atoms with van der Waals surface area (Å²) in [7, 11) is 1.64. The summed E-state index contributed by atoms with van der Waals surface area (Å²) in [6.07, 6.45) is -2.81. The molecule has 0 bridgehead atoms. The van der Waals surface area contributed by atoms with Crippen LogP contribution in [0.25, 0.3) is 0 Å². The first-order valence-corrected chi connectivity index (χ1v) is 10.1. The van der Waals surface area contributed by atoms with Crippen LogP contribution in [0.15, 0.2) is 18.2 Å². The number of amides is 2. The molecule has 0 aliphatic heterocycles. The van der Waals surface area contributed by atoms with Crippen LogP contribution in [0.5, 0.6) is 0 Å². The van der Waals surface area contributed by atoms with E-state index in [-0.39, 0.29) is 11.5 Å². The van der Waals surface area contributed by atoms with Gasteiger partial charge in [-0.3, -0.25) is 9.59 Å². The Kier molecular flexibility index (Phi) is 6.49. The summed E-state index contributed by atoms with van der Waals surface area (Å²) in [5.41, 5.74) is 2.37. The van der Waals surface area contributed by atoms with E-state index < -0.39 is 36.2 Å². The van der Waals surface area contributed by atoms with Crippen LogP contribution in [-0.2, 0) is 11.8 Å². The second-order valence-electron chi connectivity index (χ2n) is 8.10. The first kappa shape index (κ1) is 22.9. The predicted octanol–water partition coefficient (Wildman–Crippen LogP) is 1.38. The molecule has 1 aliphatic rings. The van der Waals surface area contributed by atoms with Gasteiger partial charge in [0, 0.05) is 18.4 Å². The van der Waals surface area contributed by atoms with Gasteiger partial charge in [0.05, 0.1) is 29.5 Å². The number of hydrogen-bond acceptors (Lipinski definition) is 5. The van der Waals surface area contributed by atoms with Crippen molar-refractivity contribution in [3.8, 4) is 0 Å². The first-order chi connectivity index (χ1) is 14.5. The molecule has 1 aromatic carbocycles. The Hall–Kier alpha value is -2.75. The average Bonchev–Trinajstić information content (AvgIpc) is 3.14. The summed E-state index contributed by atoms with van der Waals surface area (Å²) in [6, 6.07) is 3.59. The molecule has 5 N–H and O–H groups in total. The number of aliphatic hydroxyl groups is 3. The fraction of sp³-hybridized carbons (Fsp3) is 0.455. The number of hydrogen-bond donors (Lipinski definition) is 5. The van der Waals surface area contributed by atoms with Gasteiger partial charge in [0.2, 0.25) is 0 Å². The third-order valence-electron chi connectivity index (χ3n) is 6.04. The lowest BCUT2D eigenvalue weighted by Gasteiger charge is -2.21. The van der Waals surface area contributed by atoms with E-state index in [1.807, 2.05) is 0 Å². The summed E-state index contributed by atoms with van der Waals surface area (Å²) in [5, 5.41) is 35.6. The average molecular weight is 433 g/mol. The quantitative estimate of drug-likeness (QED) is 0.487. The fourth-order valence-corrected chi connectivity index (χ4v) is 4.14. The minimum absolute atomic E-state index is 0.253. The number of carbonyl (C=O) groups is 2. The Morgan fingerprint density at radius 3 is 2.45 bits per heavy atom. The van der Waals surface area contributed by atoms with Gasteiger partial charge in [-0.05, 0) is 62.9 Å². The van der Waals surface area contributed by atoms with E-state index in [1.54, 1.807) is 32.4 Å². The lowest BCUT2D eigenvalue weighted by atomic mass is 10.1. The van der Waals surface area contributed by atoms with Crippen LogP contribution in [0.2, 0.25) is 0 Å². The minimum Gasteiger partial charge on any atom is -0.390 e. The van der Waals surface area contributed by atoms with Gasteiger partial charge < -0.3 is 30.5 Å². The Morgan fingerprint density at radius 1 is 1.19 bits per heavy atom. The molecule has 0 radical (unpaired) electrons. The molecule has 1 aliphatic carbocycles. The Balaban J connectivity index is 1.82. The van der Waals surface area contributed by atoms with Gasteiger partial charge in [0.25, 0.3) is 11.8 Å². The molecular formula is C22H28FN3O5. The largest absolute Gasteiger partial charge is 0.390 e. The highest BCUT2D eigenvalue weighted by Crippen LogP contribution is 2.28. The number of nitrogens with one attached hydrogen (secondary N) is 2. The minimum atomic E-state index is -1.57. The van der Waals surface area contributed by atoms with Gasteiger partial charge in [-0.1, -0.05) is 0 Å². The van der Waals surface area contributed by atoms with Crippen molar-refractivity contribution in [1.82, 2.24) is 9.88 Å². The van der Waals surface area contributed by atoms with Gasteiger partial charge in [0.1, 0.15) is 5.82 Å². The standard InChI is InChI=1S/C22H28FN3O5/c1-10-9-13(5-6-14(10)23)24-21(30)17-11(2)18(26(4)12(17)3)20(29)22(31)25-15-7-8-16(27)19(15)28/h5-6,9,15-16,19-20,27-29H,7-8H2,1-4H3,(H,24,30)(H,25,31)/t15-,16+,19+,20?/m1/s1. The third-order valence-corrected chi connectivity index (χ3v) is 6.04. The van der Waals surface area contributed by atoms with Crippen molar-refractivity contribution >= 4 is 17.5 Å². The number of benzene rings is 1. The molecule has 2 aromatic rings. The zero-order chi connectivity index (χ0) is 23.0. The molecule has 0 saturated heterocycles. The molecule has 8 nitrogen and oxygen atoms in total. The molecule has 3 rings (SSSR count). The summed E-state index contributed by atoms with van der Waals surface area (Å²) in [5.74, 6) is -1.53. The van der Waals surface area contributed by atoms with Gasteiger partial charge in [0.15, 0.2) is 6.10 Å². The monoisotopic (exact) mass is 433 g/mol. The van der Waals surface area contributed by atoms with Crippen LogP contribution in [-0.4, -0.2) is 50.0 Å². The number of halogens is 1. The molecule has 1 fully saturated rings. The highest BCUT2D eigenvalue weighted by atomic mass is 19.1. The van der Waals surface area contributed by atoms with Crippen LogP contribution in [0.4, 0.5) is 10.1 Å². The zero-order valence-electron chi connectivity index (χ0n) is 17.9. The van der Waals surface area contributed by atoms with Crippen LogP contribution >= 0.6 is 0 Å². The van der Waals surface area contributed by atoms with Crippen LogP contribution in [0, 0.1) is 26.6 Å². The summed E-state index contributed by atoms with van der Waals surface area (Å²) >= 11 is 0. The van der Waals surface area contributed by atoms with Crippen molar-refractivity contribution in [3.05, 3.63) is 52.1 Å². The SMILES string of the molecule is Cc1cc(NC(=O)c2c(C)c(C(O)C(=O)N[C@@H]3CC[C@H](O)[C@H]3O)n(C)c2C)ccc1F. The van der Waals surface area contributed by atoms with Crippen molar-refractivity contribution in [3.63, 3.8) is 0 Å². The Bertz CT molecular complexity index is 1020. The van der Waals surface area contributed by atoms with Gasteiger partial charge in [-0.25, -0.2) is 4.39 Å². The van der Waals surface area contributed by atoms with E-state index in [0.29, 0.717) is 40.9 Å².